The van der Waals surface area contributed by atoms with E-state index < -0.39 is 5.97 Å². The van der Waals surface area contributed by atoms with E-state index in [9.17, 15) is 9.59 Å². The van der Waals surface area contributed by atoms with Crippen LogP contribution in [0.2, 0.25) is 0 Å². The summed E-state index contributed by atoms with van der Waals surface area (Å²) in [5.74, 6) is -1.75. The first-order chi connectivity index (χ1) is 16.8. The Bertz CT molecular complexity index is 1090. The van der Waals surface area contributed by atoms with Gasteiger partial charge in [0.2, 0.25) is 0 Å². The van der Waals surface area contributed by atoms with Crippen molar-refractivity contribution in [3.05, 3.63) is 95.1 Å². The summed E-state index contributed by atoms with van der Waals surface area (Å²) in [5, 5.41) is 8.89. The molecule has 0 fully saturated rings. The molecule has 8 nitrogen and oxygen atoms in total. The van der Waals surface area contributed by atoms with Crippen LogP contribution in [0.3, 0.4) is 0 Å². The molecule has 0 N–H and O–H groups in total. The van der Waals surface area contributed by atoms with Gasteiger partial charge in [-0.3, -0.25) is 0 Å². The Balaban J connectivity index is 0.000000850. The van der Waals surface area contributed by atoms with E-state index >= 15 is 0 Å². The average molecular weight is 583 g/mol. The Morgan fingerprint density at radius 1 is 0.722 bits per heavy atom. The van der Waals surface area contributed by atoms with Crippen LogP contribution in [0.4, 0.5) is 11.4 Å². The second-order valence-electron chi connectivity index (χ2n) is 7.89. The van der Waals surface area contributed by atoms with Crippen LogP contribution in [0.1, 0.15) is 38.8 Å². The molecule has 1 aliphatic heterocycles. The standard InChI is InChI=1S/C25H24N2O4.C2H4O2.Ag/c1-30-24(28)20-11-7-18(8-12-20)15-26-17-27(23-6-4-3-5-22(23)26)16-19-9-13-21(14-10-19)25(29)31-2;1-2(3)4;/h3-14H,15-17H2,1-2H3;1H3,(H,3,4);/q;;+1/p-1. The van der Waals surface area contributed by atoms with Crippen molar-refractivity contribution in [3.63, 3.8) is 0 Å². The summed E-state index contributed by atoms with van der Waals surface area (Å²) in [7, 11) is 2.77. The zero-order chi connectivity index (χ0) is 25.4. The molecule has 0 unspecified atom stereocenters. The second kappa shape index (κ2) is 13.5. The number of carboxylic acids is 1. The molecule has 3 aromatic rings. The monoisotopic (exact) mass is 582 g/mol. The Hall–Kier alpha value is -3.59. The van der Waals surface area contributed by atoms with Crippen molar-refractivity contribution >= 4 is 29.3 Å². The average Bonchev–Trinajstić information content (AvgIpc) is 3.20. The first-order valence-corrected chi connectivity index (χ1v) is 10.9. The summed E-state index contributed by atoms with van der Waals surface area (Å²) in [6.45, 7) is 3.18. The van der Waals surface area contributed by atoms with Gasteiger partial charge in [-0.15, -0.1) is 0 Å². The normalized spacial score (nSPS) is 11.4. The van der Waals surface area contributed by atoms with Crippen LogP contribution in [0, 0.1) is 0 Å². The molecule has 0 radical (unpaired) electrons. The number of nitrogens with zero attached hydrogens (tertiary/aromatic N) is 2. The number of esters is 2. The van der Waals surface area contributed by atoms with E-state index in [1.165, 1.54) is 25.6 Å². The zero-order valence-electron chi connectivity index (χ0n) is 20.2. The third kappa shape index (κ3) is 7.45. The molecular formula is C27H27AgN2O6. The van der Waals surface area contributed by atoms with Crippen LogP contribution in [0.25, 0.3) is 0 Å². The molecule has 0 atom stereocenters. The summed E-state index contributed by atoms with van der Waals surface area (Å²) in [6.07, 6.45) is 0. The minimum Gasteiger partial charge on any atom is -0.550 e. The molecule has 3 aromatic carbocycles. The van der Waals surface area contributed by atoms with E-state index in [-0.39, 0.29) is 34.3 Å². The molecule has 0 spiro atoms. The first-order valence-electron chi connectivity index (χ1n) is 10.9. The third-order valence-corrected chi connectivity index (χ3v) is 5.40. The Morgan fingerprint density at radius 3 is 1.36 bits per heavy atom. The fraction of sp³-hybridized carbons (Fsp3) is 0.222. The maximum atomic E-state index is 11.7. The summed E-state index contributed by atoms with van der Waals surface area (Å²) < 4.78 is 9.54. The number of hydrogen-bond donors (Lipinski definition) is 0. The van der Waals surface area contributed by atoms with Gasteiger partial charge in [-0.1, -0.05) is 36.4 Å². The van der Waals surface area contributed by atoms with Crippen LogP contribution in [0.15, 0.2) is 72.8 Å². The Kier molecular flexibility index (Phi) is 10.7. The third-order valence-electron chi connectivity index (χ3n) is 5.40. The van der Waals surface area contributed by atoms with Crippen LogP contribution in [-0.4, -0.2) is 38.8 Å². The van der Waals surface area contributed by atoms with E-state index in [1.807, 2.05) is 36.4 Å². The Morgan fingerprint density at radius 2 is 1.06 bits per heavy atom. The minimum absolute atomic E-state index is 0. The van der Waals surface area contributed by atoms with Crippen molar-refractivity contribution in [2.75, 3.05) is 30.7 Å². The largest absolute Gasteiger partial charge is 1.00 e. The van der Waals surface area contributed by atoms with E-state index in [4.69, 9.17) is 19.4 Å². The van der Waals surface area contributed by atoms with Gasteiger partial charge in [0.15, 0.2) is 0 Å². The number of para-hydroxylation sites is 2. The fourth-order valence-electron chi connectivity index (χ4n) is 3.80. The number of rotatable bonds is 6. The smallest absolute Gasteiger partial charge is 0.550 e. The van der Waals surface area contributed by atoms with Gasteiger partial charge in [-0.2, -0.15) is 0 Å². The molecule has 192 valence electrons. The van der Waals surface area contributed by atoms with Gasteiger partial charge in [0.1, 0.15) is 0 Å². The number of fused-ring (bicyclic) bond motifs is 1. The predicted octanol–water partition coefficient (Wildman–Crippen LogP) is 3.00. The molecule has 1 heterocycles. The summed E-state index contributed by atoms with van der Waals surface area (Å²) in [5.41, 5.74) is 5.67. The van der Waals surface area contributed by atoms with Gasteiger partial charge in [-0.05, 0) is 54.4 Å². The fourth-order valence-corrected chi connectivity index (χ4v) is 3.80. The van der Waals surface area contributed by atoms with Gasteiger partial charge < -0.3 is 29.2 Å². The predicted molar refractivity (Wildman–Crippen MR) is 130 cm³/mol. The van der Waals surface area contributed by atoms with Gasteiger partial charge in [0, 0.05) is 19.1 Å². The van der Waals surface area contributed by atoms with Crippen molar-refractivity contribution in [1.82, 2.24) is 0 Å². The SMILES string of the molecule is CC(=O)[O-].COC(=O)c1ccc(CN2CN(Cc3ccc(C(=O)OC)cc3)c3ccccc32)cc1.[Ag+]. The van der Waals surface area contributed by atoms with E-state index in [0.29, 0.717) is 11.1 Å². The van der Waals surface area contributed by atoms with Gasteiger partial charge in [0.05, 0.1) is 43.4 Å². The van der Waals surface area contributed by atoms with Crippen molar-refractivity contribution < 1.29 is 51.3 Å². The quantitative estimate of drug-likeness (QED) is 0.323. The molecule has 0 saturated carbocycles. The van der Waals surface area contributed by atoms with Crippen LogP contribution < -0.4 is 14.9 Å². The molecule has 0 aliphatic carbocycles. The molecule has 9 heteroatoms. The number of carbonyl (C=O) groups excluding carboxylic acids is 3. The molecule has 0 bridgehead atoms. The zero-order valence-corrected chi connectivity index (χ0v) is 21.7. The number of methoxy groups -OCH3 is 2. The molecule has 0 aromatic heterocycles. The van der Waals surface area contributed by atoms with Crippen LogP contribution in [0.5, 0.6) is 0 Å². The molecule has 0 saturated heterocycles. The van der Waals surface area contributed by atoms with E-state index in [0.717, 1.165) is 37.8 Å². The van der Waals surface area contributed by atoms with Crippen molar-refractivity contribution in [2.24, 2.45) is 0 Å². The van der Waals surface area contributed by atoms with Crippen LogP contribution in [-0.2, 0) is 49.7 Å². The van der Waals surface area contributed by atoms with Crippen molar-refractivity contribution in [2.45, 2.75) is 20.0 Å². The Labute approximate surface area is 225 Å². The number of hydrogen-bond acceptors (Lipinski definition) is 8. The van der Waals surface area contributed by atoms with Gasteiger partial charge in [0.25, 0.3) is 0 Å². The maximum Gasteiger partial charge on any atom is 1.00 e. The van der Waals surface area contributed by atoms with Crippen molar-refractivity contribution in [1.29, 1.82) is 0 Å². The minimum atomic E-state index is -1.08. The molecular weight excluding hydrogens is 556 g/mol. The number of benzene rings is 3. The van der Waals surface area contributed by atoms with E-state index in [2.05, 4.69) is 21.9 Å². The first kappa shape index (κ1) is 28.6. The maximum absolute atomic E-state index is 11.7. The van der Waals surface area contributed by atoms with Gasteiger partial charge >= 0.3 is 34.3 Å². The van der Waals surface area contributed by atoms with Crippen LogP contribution >= 0.6 is 0 Å². The topological polar surface area (TPSA) is 99.2 Å². The number of carbonyl (C=O) groups is 3. The summed E-state index contributed by atoms with van der Waals surface area (Å²) >= 11 is 0. The summed E-state index contributed by atoms with van der Waals surface area (Å²) in [6, 6.07) is 23.4. The number of anilines is 2. The second-order valence-corrected chi connectivity index (χ2v) is 7.89. The number of ether oxygens (including phenoxy) is 2. The molecule has 1 aliphatic rings. The molecule has 4 rings (SSSR count). The number of carboxylic acid groups (broad SMARTS) is 1. The molecule has 0 amide bonds. The molecule has 36 heavy (non-hydrogen) atoms. The van der Waals surface area contributed by atoms with Gasteiger partial charge in [-0.25, -0.2) is 9.59 Å². The summed E-state index contributed by atoms with van der Waals surface area (Å²) in [4.78, 5) is 36.8. The van der Waals surface area contributed by atoms with E-state index in [1.54, 1.807) is 24.3 Å². The number of aliphatic carboxylic acids is 1. The van der Waals surface area contributed by atoms with Crippen molar-refractivity contribution in [3.8, 4) is 0 Å².